The third kappa shape index (κ3) is 4.52. The van der Waals surface area contributed by atoms with E-state index in [0.29, 0.717) is 5.92 Å². The molecule has 0 saturated heterocycles. The van der Waals surface area contributed by atoms with Gasteiger partial charge < -0.3 is 4.74 Å². The van der Waals surface area contributed by atoms with Crippen molar-refractivity contribution in [3.05, 3.63) is 29.6 Å². The summed E-state index contributed by atoms with van der Waals surface area (Å²) in [7, 11) is 0. The highest BCUT2D eigenvalue weighted by atomic mass is 19.1. The van der Waals surface area contributed by atoms with Crippen LogP contribution in [-0.2, 0) is 6.42 Å². The molecule has 2 rings (SSSR count). The summed E-state index contributed by atoms with van der Waals surface area (Å²) in [5.41, 5.74) is 1.13. The molecule has 1 aromatic carbocycles. The van der Waals surface area contributed by atoms with Crippen molar-refractivity contribution >= 4 is 0 Å². The monoisotopic (exact) mass is 264 g/mol. The fraction of sp³-hybridized carbons (Fsp3) is 0.647. The zero-order valence-electron chi connectivity index (χ0n) is 12.3. The first-order valence-electron chi connectivity index (χ1n) is 7.35. The molecule has 2 heteroatoms. The minimum atomic E-state index is -0.174. The summed E-state index contributed by atoms with van der Waals surface area (Å²) in [5, 5.41) is 0. The van der Waals surface area contributed by atoms with Gasteiger partial charge in [0, 0.05) is 0 Å². The number of hydrogen-bond donors (Lipinski definition) is 0. The summed E-state index contributed by atoms with van der Waals surface area (Å²) in [6.45, 7) is 7.28. The maximum atomic E-state index is 13.4. The van der Waals surface area contributed by atoms with Crippen molar-refractivity contribution < 1.29 is 9.13 Å². The maximum Gasteiger partial charge on any atom is 0.123 e. The molecule has 0 aliphatic heterocycles. The van der Waals surface area contributed by atoms with Crippen molar-refractivity contribution in [3.8, 4) is 5.75 Å². The van der Waals surface area contributed by atoms with Crippen LogP contribution < -0.4 is 4.74 Å². The van der Waals surface area contributed by atoms with E-state index >= 15 is 0 Å². The predicted molar refractivity (Wildman–Crippen MR) is 77.0 cm³/mol. The summed E-state index contributed by atoms with van der Waals surface area (Å²) >= 11 is 0. The van der Waals surface area contributed by atoms with Crippen LogP contribution in [0, 0.1) is 17.2 Å². The second-order valence-corrected chi connectivity index (χ2v) is 6.95. The Labute approximate surface area is 116 Å². The van der Waals surface area contributed by atoms with E-state index in [1.807, 2.05) is 0 Å². The zero-order chi connectivity index (χ0) is 13.9. The Bertz CT molecular complexity index is 414. The lowest BCUT2D eigenvalue weighted by atomic mass is 9.88. The Morgan fingerprint density at radius 1 is 1.21 bits per heavy atom. The molecule has 1 nitrogen and oxygen atoms in total. The summed E-state index contributed by atoms with van der Waals surface area (Å²) in [4.78, 5) is 0. The van der Waals surface area contributed by atoms with Crippen molar-refractivity contribution in [1.29, 1.82) is 0 Å². The van der Waals surface area contributed by atoms with Crippen LogP contribution >= 0.6 is 0 Å². The van der Waals surface area contributed by atoms with Gasteiger partial charge in [-0.15, -0.1) is 0 Å². The van der Waals surface area contributed by atoms with Gasteiger partial charge in [0.2, 0.25) is 0 Å². The Hall–Kier alpha value is -1.05. The van der Waals surface area contributed by atoms with Gasteiger partial charge in [0.15, 0.2) is 0 Å². The van der Waals surface area contributed by atoms with Gasteiger partial charge in [0.25, 0.3) is 0 Å². The summed E-state index contributed by atoms with van der Waals surface area (Å²) in [6.07, 6.45) is 6.04. The van der Waals surface area contributed by atoms with Gasteiger partial charge in [0.05, 0.1) is 6.61 Å². The first-order chi connectivity index (χ1) is 8.94. The molecule has 0 unspecified atom stereocenters. The Balaban J connectivity index is 2.05. The van der Waals surface area contributed by atoms with Crippen molar-refractivity contribution in [2.75, 3.05) is 6.61 Å². The van der Waals surface area contributed by atoms with E-state index in [9.17, 15) is 4.39 Å². The van der Waals surface area contributed by atoms with Crippen molar-refractivity contribution in [1.82, 2.24) is 0 Å². The standard InChI is InChI=1S/C17H25FO/c1-17(2,3)11-14-10-15(18)8-9-16(14)19-12-13-6-4-5-7-13/h8-10,13H,4-7,11-12H2,1-3H3. The largest absolute Gasteiger partial charge is 0.493 e. The molecule has 1 saturated carbocycles. The second kappa shape index (κ2) is 5.94. The molecule has 0 aromatic heterocycles. The highest BCUT2D eigenvalue weighted by Crippen LogP contribution is 2.30. The zero-order valence-corrected chi connectivity index (χ0v) is 12.3. The minimum absolute atomic E-state index is 0.138. The first kappa shape index (κ1) is 14.4. The molecule has 0 N–H and O–H groups in total. The van der Waals surface area contributed by atoms with Gasteiger partial charge in [0.1, 0.15) is 11.6 Å². The highest BCUT2D eigenvalue weighted by Gasteiger charge is 2.18. The lowest BCUT2D eigenvalue weighted by Gasteiger charge is -2.21. The van der Waals surface area contributed by atoms with Crippen LogP contribution in [0.2, 0.25) is 0 Å². The average molecular weight is 264 g/mol. The lowest BCUT2D eigenvalue weighted by molar-refractivity contribution is 0.247. The molecule has 106 valence electrons. The molecule has 1 fully saturated rings. The lowest BCUT2D eigenvalue weighted by Crippen LogP contribution is -2.13. The van der Waals surface area contributed by atoms with Crippen LogP contribution in [0.25, 0.3) is 0 Å². The Morgan fingerprint density at radius 3 is 2.53 bits per heavy atom. The summed E-state index contributed by atoms with van der Waals surface area (Å²) in [5.74, 6) is 1.38. The van der Waals surface area contributed by atoms with E-state index in [1.165, 1.54) is 31.7 Å². The molecule has 0 bridgehead atoms. The molecule has 1 aliphatic carbocycles. The van der Waals surface area contributed by atoms with E-state index in [1.54, 1.807) is 12.1 Å². The Morgan fingerprint density at radius 2 is 1.89 bits per heavy atom. The van der Waals surface area contributed by atoms with Crippen LogP contribution in [0.5, 0.6) is 5.75 Å². The van der Waals surface area contributed by atoms with Gasteiger partial charge in [-0.25, -0.2) is 4.39 Å². The van der Waals surface area contributed by atoms with Crippen LogP contribution in [-0.4, -0.2) is 6.61 Å². The summed E-state index contributed by atoms with van der Waals surface area (Å²) in [6, 6.07) is 4.90. The van der Waals surface area contributed by atoms with Crippen LogP contribution in [0.15, 0.2) is 18.2 Å². The van der Waals surface area contributed by atoms with E-state index in [0.717, 1.165) is 24.3 Å². The molecular formula is C17H25FO. The third-order valence-corrected chi connectivity index (χ3v) is 3.69. The molecule has 1 aliphatic rings. The number of benzene rings is 1. The quantitative estimate of drug-likeness (QED) is 0.745. The van der Waals surface area contributed by atoms with Gasteiger partial charge >= 0.3 is 0 Å². The second-order valence-electron chi connectivity index (χ2n) is 6.95. The number of halogens is 1. The van der Waals surface area contributed by atoms with Crippen molar-refractivity contribution in [2.24, 2.45) is 11.3 Å². The third-order valence-electron chi connectivity index (χ3n) is 3.69. The van der Waals surface area contributed by atoms with Gasteiger partial charge in [-0.3, -0.25) is 0 Å². The van der Waals surface area contributed by atoms with E-state index in [4.69, 9.17) is 4.74 Å². The molecule has 0 radical (unpaired) electrons. The van der Waals surface area contributed by atoms with Crippen LogP contribution in [0.4, 0.5) is 4.39 Å². The van der Waals surface area contributed by atoms with E-state index in [-0.39, 0.29) is 11.2 Å². The van der Waals surface area contributed by atoms with Gasteiger partial charge in [-0.05, 0) is 54.4 Å². The van der Waals surface area contributed by atoms with Gasteiger partial charge in [-0.2, -0.15) is 0 Å². The Kier molecular flexibility index (Phi) is 4.49. The first-order valence-corrected chi connectivity index (χ1v) is 7.35. The minimum Gasteiger partial charge on any atom is -0.493 e. The van der Waals surface area contributed by atoms with E-state index < -0.39 is 0 Å². The average Bonchev–Trinajstić information content (AvgIpc) is 2.78. The predicted octanol–water partition coefficient (Wildman–Crippen LogP) is 4.98. The molecule has 1 aromatic rings. The molecule has 19 heavy (non-hydrogen) atoms. The molecular weight excluding hydrogens is 239 g/mol. The van der Waals surface area contributed by atoms with Crippen molar-refractivity contribution in [2.45, 2.75) is 52.9 Å². The highest BCUT2D eigenvalue weighted by molar-refractivity contribution is 5.34. The maximum absolute atomic E-state index is 13.4. The van der Waals surface area contributed by atoms with Crippen LogP contribution in [0.1, 0.15) is 52.0 Å². The normalized spacial score (nSPS) is 16.8. The fourth-order valence-electron chi connectivity index (χ4n) is 2.78. The number of ether oxygens (including phenoxy) is 1. The molecule has 0 amide bonds. The fourth-order valence-corrected chi connectivity index (χ4v) is 2.78. The van der Waals surface area contributed by atoms with Crippen molar-refractivity contribution in [3.63, 3.8) is 0 Å². The van der Waals surface area contributed by atoms with Gasteiger partial charge in [-0.1, -0.05) is 33.6 Å². The van der Waals surface area contributed by atoms with E-state index in [2.05, 4.69) is 20.8 Å². The topological polar surface area (TPSA) is 9.23 Å². The molecule has 0 spiro atoms. The van der Waals surface area contributed by atoms with Crippen LogP contribution in [0.3, 0.4) is 0 Å². The molecule has 0 heterocycles. The SMILES string of the molecule is CC(C)(C)Cc1cc(F)ccc1OCC1CCCC1. The smallest absolute Gasteiger partial charge is 0.123 e. The number of rotatable bonds is 4. The number of hydrogen-bond acceptors (Lipinski definition) is 1. The summed E-state index contributed by atoms with van der Waals surface area (Å²) < 4.78 is 19.4. The molecule has 0 atom stereocenters.